The fraction of sp³-hybridized carbons (Fsp3) is 0.211. The number of hydrogen-bond donors (Lipinski definition) is 1. The Labute approximate surface area is 148 Å². The van der Waals surface area contributed by atoms with Gasteiger partial charge in [-0.05, 0) is 27.6 Å². The average molecular weight is 358 g/mol. The van der Waals surface area contributed by atoms with E-state index in [1.54, 1.807) is 21.3 Å². The minimum absolute atomic E-state index is 0.388. The molecular weight excluding hydrogens is 336 g/mol. The summed E-state index contributed by atoms with van der Waals surface area (Å²) >= 11 is 0. The minimum Gasteiger partial charge on any atom is -0.478 e. The molecule has 25 heavy (non-hydrogen) atoms. The second-order valence-corrected chi connectivity index (χ2v) is 8.42. The molecule has 3 aromatic rings. The highest BCUT2D eigenvalue weighted by molar-refractivity contribution is 6.58. The van der Waals surface area contributed by atoms with Gasteiger partial charge in [0.1, 0.15) is 0 Å². The lowest BCUT2D eigenvalue weighted by molar-refractivity contribution is 0.0701. The first kappa shape index (κ1) is 19.1. The zero-order valence-corrected chi connectivity index (χ0v) is 15.8. The quantitative estimate of drug-likeness (QED) is 0.560. The molecule has 0 amide bonds. The first-order chi connectivity index (χ1) is 12.0. The number of aromatic carboxylic acids is 1. The molecule has 0 radical (unpaired) electrons. The Kier molecular flexibility index (Phi) is 6.27. The van der Waals surface area contributed by atoms with Gasteiger partial charge in [0.05, 0.1) is 5.56 Å². The van der Waals surface area contributed by atoms with Gasteiger partial charge < -0.3 is 18.4 Å². The molecule has 0 spiro atoms. The largest absolute Gasteiger partial charge is 0.496 e. The van der Waals surface area contributed by atoms with Crippen LogP contribution in [0.2, 0.25) is 6.55 Å². The maximum absolute atomic E-state index is 11.4. The van der Waals surface area contributed by atoms with Gasteiger partial charge in [0.2, 0.25) is 0 Å². The molecule has 1 N–H and O–H groups in total. The first-order valence-corrected chi connectivity index (χ1v) is 9.97. The Morgan fingerprint density at radius 3 is 1.56 bits per heavy atom. The molecule has 0 heterocycles. The van der Waals surface area contributed by atoms with Crippen LogP contribution in [0, 0.1) is 0 Å². The van der Waals surface area contributed by atoms with E-state index in [0.29, 0.717) is 5.56 Å². The summed E-state index contributed by atoms with van der Waals surface area (Å²) in [5.74, 6) is -0.877. The third-order valence-corrected chi connectivity index (χ3v) is 6.32. The van der Waals surface area contributed by atoms with Crippen LogP contribution in [0.4, 0.5) is 0 Å². The van der Waals surface area contributed by atoms with Gasteiger partial charge >= 0.3 is 14.8 Å². The molecule has 3 rings (SSSR count). The summed E-state index contributed by atoms with van der Waals surface area (Å²) in [5.41, 5.74) is 0.388. The zero-order valence-electron chi connectivity index (χ0n) is 14.8. The summed E-state index contributed by atoms with van der Waals surface area (Å²) in [5, 5.41) is 12.9. The molecule has 0 aliphatic carbocycles. The normalized spacial score (nSPS) is 11.2. The summed E-state index contributed by atoms with van der Waals surface area (Å²) in [6, 6.07) is 17.2. The van der Waals surface area contributed by atoms with Gasteiger partial charge in [0, 0.05) is 27.9 Å². The molecule has 0 bridgehead atoms. The van der Waals surface area contributed by atoms with E-state index in [1.165, 1.54) is 0 Å². The van der Waals surface area contributed by atoms with Gasteiger partial charge in [-0.15, -0.1) is 0 Å². The van der Waals surface area contributed by atoms with Gasteiger partial charge in [-0.3, -0.25) is 0 Å². The van der Waals surface area contributed by atoms with Crippen molar-refractivity contribution in [3.63, 3.8) is 0 Å². The second kappa shape index (κ2) is 8.22. The third-order valence-electron chi connectivity index (χ3n) is 4.10. The number of fused-ring (bicyclic) bond motifs is 2. The van der Waals surface area contributed by atoms with Crippen LogP contribution in [-0.4, -0.2) is 41.2 Å². The fourth-order valence-electron chi connectivity index (χ4n) is 2.49. The van der Waals surface area contributed by atoms with Crippen LogP contribution >= 0.6 is 0 Å². The highest BCUT2D eigenvalue weighted by atomic mass is 28.4. The molecule has 0 saturated carbocycles. The predicted molar refractivity (Wildman–Crippen MR) is 101 cm³/mol. The van der Waals surface area contributed by atoms with Crippen LogP contribution in [0.15, 0.2) is 54.6 Å². The number of carboxylic acids is 1. The standard InChI is InChI=1S/C15H10O2.C4H12O3Si/c16-15(17)14-12-7-3-1-5-10(12)9-11-6-2-4-8-13(11)14;1-5-8(4,6-2)7-3/h1-9H,(H,16,17);1-4H3. The van der Waals surface area contributed by atoms with E-state index in [2.05, 4.69) is 0 Å². The Morgan fingerprint density at radius 2 is 1.24 bits per heavy atom. The average Bonchev–Trinajstić information content (AvgIpc) is 2.65. The summed E-state index contributed by atoms with van der Waals surface area (Å²) in [4.78, 5) is 11.4. The molecule has 0 aliphatic rings. The molecule has 0 fully saturated rings. The molecule has 132 valence electrons. The van der Waals surface area contributed by atoms with Crippen molar-refractivity contribution in [1.82, 2.24) is 0 Å². The van der Waals surface area contributed by atoms with Gasteiger partial charge in [-0.2, -0.15) is 0 Å². The van der Waals surface area contributed by atoms with Crippen molar-refractivity contribution in [1.29, 1.82) is 0 Å². The number of benzene rings is 3. The Morgan fingerprint density at radius 1 is 0.840 bits per heavy atom. The van der Waals surface area contributed by atoms with E-state index < -0.39 is 14.8 Å². The van der Waals surface area contributed by atoms with E-state index in [4.69, 9.17) is 13.3 Å². The molecule has 5 nitrogen and oxygen atoms in total. The van der Waals surface area contributed by atoms with E-state index >= 15 is 0 Å². The number of hydrogen-bond acceptors (Lipinski definition) is 4. The molecule has 6 heteroatoms. The number of rotatable bonds is 4. The van der Waals surface area contributed by atoms with Crippen LogP contribution in [0.5, 0.6) is 0 Å². The maximum Gasteiger partial charge on any atom is 0.496 e. The first-order valence-electron chi connectivity index (χ1n) is 7.75. The molecule has 3 aromatic carbocycles. The molecule has 0 aliphatic heterocycles. The summed E-state index contributed by atoms with van der Waals surface area (Å²) < 4.78 is 14.8. The van der Waals surface area contributed by atoms with Crippen LogP contribution in [0.25, 0.3) is 21.5 Å². The highest BCUT2D eigenvalue weighted by Gasteiger charge is 2.29. The maximum atomic E-state index is 11.4. The van der Waals surface area contributed by atoms with E-state index in [0.717, 1.165) is 21.5 Å². The van der Waals surface area contributed by atoms with E-state index in [1.807, 2.05) is 61.1 Å². The molecule has 0 saturated heterocycles. The lowest BCUT2D eigenvalue weighted by atomic mass is 9.97. The van der Waals surface area contributed by atoms with Crippen molar-refractivity contribution < 1.29 is 23.2 Å². The molecule has 0 atom stereocenters. The van der Waals surface area contributed by atoms with Crippen LogP contribution in [0.3, 0.4) is 0 Å². The second-order valence-electron chi connectivity index (χ2n) is 5.47. The molecule has 0 aromatic heterocycles. The smallest absolute Gasteiger partial charge is 0.478 e. The monoisotopic (exact) mass is 358 g/mol. The van der Waals surface area contributed by atoms with Crippen molar-refractivity contribution in [2.24, 2.45) is 0 Å². The van der Waals surface area contributed by atoms with Gasteiger partial charge in [0.15, 0.2) is 0 Å². The SMILES string of the molecule is CO[Si](C)(OC)OC.O=C(O)c1c2ccccc2cc2ccccc12. The van der Waals surface area contributed by atoms with Crippen molar-refractivity contribution in [2.45, 2.75) is 6.55 Å². The summed E-state index contributed by atoms with van der Waals surface area (Å²) in [7, 11) is 2.58. The fourth-order valence-corrected chi connectivity index (χ4v) is 2.99. The molecule has 0 unspecified atom stereocenters. The van der Waals surface area contributed by atoms with Crippen molar-refractivity contribution >= 4 is 36.3 Å². The summed E-state index contributed by atoms with van der Waals surface area (Å²) in [6.45, 7) is 1.83. The van der Waals surface area contributed by atoms with E-state index in [-0.39, 0.29) is 0 Å². The van der Waals surface area contributed by atoms with Crippen molar-refractivity contribution in [2.75, 3.05) is 21.3 Å². The predicted octanol–water partition coefficient (Wildman–Crippen LogP) is 4.19. The third kappa shape index (κ3) is 4.24. The van der Waals surface area contributed by atoms with Crippen molar-refractivity contribution in [3.05, 3.63) is 60.2 Å². The van der Waals surface area contributed by atoms with Crippen LogP contribution < -0.4 is 0 Å². The van der Waals surface area contributed by atoms with Gasteiger partial charge in [0.25, 0.3) is 0 Å². The van der Waals surface area contributed by atoms with Crippen molar-refractivity contribution in [3.8, 4) is 0 Å². The lowest BCUT2D eigenvalue weighted by Crippen LogP contribution is -2.38. The van der Waals surface area contributed by atoms with Crippen LogP contribution in [0.1, 0.15) is 10.4 Å². The van der Waals surface area contributed by atoms with Crippen LogP contribution in [-0.2, 0) is 13.3 Å². The Bertz CT molecular complexity index is 812. The number of carboxylic acid groups (broad SMARTS) is 1. The lowest BCUT2D eigenvalue weighted by Gasteiger charge is -2.18. The highest BCUT2D eigenvalue weighted by Crippen LogP contribution is 2.28. The Balaban J connectivity index is 0.000000242. The zero-order chi connectivity index (χ0) is 18.4. The van der Waals surface area contributed by atoms with Gasteiger partial charge in [-0.1, -0.05) is 48.5 Å². The van der Waals surface area contributed by atoms with E-state index in [9.17, 15) is 9.90 Å². The van der Waals surface area contributed by atoms with Gasteiger partial charge in [-0.25, -0.2) is 4.79 Å². The summed E-state index contributed by atoms with van der Waals surface area (Å²) in [6.07, 6.45) is 0. The minimum atomic E-state index is -2.17. The number of carbonyl (C=O) groups is 1. The Hall–Kier alpha value is -2.25. The molecular formula is C19H22O5Si. The topological polar surface area (TPSA) is 65.0 Å².